The summed E-state index contributed by atoms with van der Waals surface area (Å²) in [6, 6.07) is 0. The molecule has 1 rings (SSSR count). The second-order valence-electron chi connectivity index (χ2n) is 3.21. The summed E-state index contributed by atoms with van der Waals surface area (Å²) >= 11 is 1.66. The van der Waals surface area contributed by atoms with Crippen LogP contribution in [0.15, 0.2) is 0 Å². The monoisotopic (exact) mass is 238 g/mol. The van der Waals surface area contributed by atoms with Crippen LogP contribution in [0.3, 0.4) is 0 Å². The molecule has 3 nitrogen and oxygen atoms in total. The average molecular weight is 239 g/mol. The fraction of sp³-hybridized carbons (Fsp3) is 0.889. The molecular formula is C9H19ClN2OS. The maximum Gasteiger partial charge on any atom is 0.235 e. The predicted octanol–water partition coefficient (Wildman–Crippen LogP) is 0.982. The van der Waals surface area contributed by atoms with Gasteiger partial charge in [-0.05, 0) is 12.7 Å². The maximum absolute atomic E-state index is 11.8. The van der Waals surface area contributed by atoms with E-state index in [0.717, 1.165) is 32.6 Å². The molecule has 1 N–H and O–H groups in total. The topological polar surface area (TPSA) is 32.3 Å². The normalized spacial score (nSPS) is 18.6. The molecule has 5 heteroatoms. The van der Waals surface area contributed by atoms with Gasteiger partial charge in [0.15, 0.2) is 0 Å². The summed E-state index contributed by atoms with van der Waals surface area (Å²) in [5, 5.41) is 3.41. The second-order valence-corrected chi connectivity index (χ2v) is 4.25. The predicted molar refractivity (Wildman–Crippen MR) is 64.3 cm³/mol. The van der Waals surface area contributed by atoms with Crippen molar-refractivity contribution in [1.82, 2.24) is 10.2 Å². The Morgan fingerprint density at radius 3 is 2.50 bits per heavy atom. The number of halogens is 1. The summed E-state index contributed by atoms with van der Waals surface area (Å²) < 4.78 is 0. The van der Waals surface area contributed by atoms with Gasteiger partial charge in [0.05, 0.1) is 5.25 Å². The zero-order valence-electron chi connectivity index (χ0n) is 8.78. The highest BCUT2D eigenvalue weighted by Crippen LogP contribution is 2.14. The number of piperazine rings is 1. The van der Waals surface area contributed by atoms with Gasteiger partial charge in [-0.1, -0.05) is 6.92 Å². The van der Waals surface area contributed by atoms with E-state index in [2.05, 4.69) is 12.2 Å². The number of rotatable bonds is 3. The second kappa shape index (κ2) is 7.37. The first-order valence-corrected chi connectivity index (χ1v) is 6.10. The minimum Gasteiger partial charge on any atom is -0.339 e. The summed E-state index contributed by atoms with van der Waals surface area (Å²) in [5.41, 5.74) is 0. The van der Waals surface area contributed by atoms with Crippen LogP contribution in [-0.4, -0.2) is 48.5 Å². The molecule has 1 heterocycles. The van der Waals surface area contributed by atoms with Crippen molar-refractivity contribution in [1.29, 1.82) is 0 Å². The fourth-order valence-corrected chi connectivity index (χ4v) is 2.21. The molecule has 0 aromatic rings. The fourth-order valence-electron chi connectivity index (χ4n) is 1.53. The molecule has 1 fully saturated rings. The van der Waals surface area contributed by atoms with Gasteiger partial charge in [0, 0.05) is 26.2 Å². The number of thioether (sulfide) groups is 1. The van der Waals surface area contributed by atoms with E-state index in [4.69, 9.17) is 0 Å². The van der Waals surface area contributed by atoms with Crippen molar-refractivity contribution in [2.24, 2.45) is 0 Å². The summed E-state index contributed by atoms with van der Waals surface area (Å²) in [5.74, 6) is 0.316. The van der Waals surface area contributed by atoms with Crippen molar-refractivity contribution in [3.63, 3.8) is 0 Å². The van der Waals surface area contributed by atoms with Crippen LogP contribution < -0.4 is 5.32 Å². The minimum atomic E-state index is 0. The Hall–Kier alpha value is 0.0700. The molecule has 84 valence electrons. The van der Waals surface area contributed by atoms with Gasteiger partial charge < -0.3 is 10.2 Å². The van der Waals surface area contributed by atoms with E-state index in [0.29, 0.717) is 5.91 Å². The van der Waals surface area contributed by atoms with Gasteiger partial charge in [-0.25, -0.2) is 0 Å². The third-order valence-electron chi connectivity index (χ3n) is 2.36. The molecule has 0 aliphatic carbocycles. The van der Waals surface area contributed by atoms with Crippen molar-refractivity contribution in [2.45, 2.75) is 18.6 Å². The number of carbonyl (C=O) groups is 1. The lowest BCUT2D eigenvalue weighted by atomic mass is 10.2. The van der Waals surface area contributed by atoms with E-state index in [1.807, 2.05) is 11.2 Å². The first kappa shape index (κ1) is 14.1. The average Bonchev–Trinajstić information content (AvgIpc) is 2.21. The van der Waals surface area contributed by atoms with Crippen LogP contribution in [-0.2, 0) is 4.79 Å². The minimum absolute atomic E-state index is 0. The van der Waals surface area contributed by atoms with Gasteiger partial charge >= 0.3 is 0 Å². The highest BCUT2D eigenvalue weighted by Gasteiger charge is 2.22. The molecule has 1 unspecified atom stereocenters. The van der Waals surface area contributed by atoms with Gasteiger partial charge in [-0.2, -0.15) is 11.8 Å². The van der Waals surface area contributed by atoms with E-state index in [1.165, 1.54) is 0 Å². The number of hydrogen-bond donors (Lipinski definition) is 1. The summed E-state index contributed by atoms with van der Waals surface area (Å²) in [4.78, 5) is 13.8. The van der Waals surface area contributed by atoms with Crippen molar-refractivity contribution >= 4 is 30.1 Å². The van der Waals surface area contributed by atoms with E-state index < -0.39 is 0 Å². The number of amides is 1. The molecule has 0 bridgehead atoms. The SMILES string of the molecule is CCC(SC)C(=O)N1CCNCC1.Cl. The van der Waals surface area contributed by atoms with E-state index in [1.54, 1.807) is 11.8 Å². The Morgan fingerprint density at radius 2 is 2.07 bits per heavy atom. The first-order chi connectivity index (χ1) is 6.29. The number of nitrogens with one attached hydrogen (secondary N) is 1. The largest absolute Gasteiger partial charge is 0.339 e. The Balaban J connectivity index is 0.00000169. The van der Waals surface area contributed by atoms with Gasteiger partial charge in [-0.3, -0.25) is 4.79 Å². The zero-order chi connectivity index (χ0) is 9.68. The van der Waals surface area contributed by atoms with Crippen LogP contribution in [0.25, 0.3) is 0 Å². The van der Waals surface area contributed by atoms with E-state index >= 15 is 0 Å². The van der Waals surface area contributed by atoms with Crippen LogP contribution >= 0.6 is 24.2 Å². The highest BCUT2D eigenvalue weighted by molar-refractivity contribution is 7.99. The van der Waals surface area contributed by atoms with Gasteiger partial charge in [0.25, 0.3) is 0 Å². The third kappa shape index (κ3) is 3.67. The Kier molecular flexibility index (Phi) is 7.41. The molecule has 0 aromatic heterocycles. The van der Waals surface area contributed by atoms with Gasteiger partial charge in [0.1, 0.15) is 0 Å². The summed E-state index contributed by atoms with van der Waals surface area (Å²) in [6.07, 6.45) is 2.94. The number of carbonyl (C=O) groups excluding carboxylic acids is 1. The highest BCUT2D eigenvalue weighted by atomic mass is 35.5. The molecule has 1 saturated heterocycles. The number of nitrogens with zero attached hydrogens (tertiary/aromatic N) is 1. The van der Waals surface area contributed by atoms with Crippen molar-refractivity contribution in [2.75, 3.05) is 32.4 Å². The molecule has 1 aliphatic rings. The Bertz CT molecular complexity index is 170. The molecule has 0 aromatic carbocycles. The smallest absolute Gasteiger partial charge is 0.235 e. The molecular weight excluding hydrogens is 220 g/mol. The van der Waals surface area contributed by atoms with Crippen LogP contribution in [0.1, 0.15) is 13.3 Å². The number of hydrogen-bond acceptors (Lipinski definition) is 3. The van der Waals surface area contributed by atoms with Crippen LogP contribution in [0.2, 0.25) is 0 Å². The lowest BCUT2D eigenvalue weighted by Gasteiger charge is -2.30. The van der Waals surface area contributed by atoms with Crippen LogP contribution in [0, 0.1) is 0 Å². The molecule has 1 aliphatic heterocycles. The molecule has 14 heavy (non-hydrogen) atoms. The summed E-state index contributed by atoms with van der Waals surface area (Å²) in [6.45, 7) is 5.69. The molecule has 0 spiro atoms. The Labute approximate surface area is 96.4 Å². The zero-order valence-corrected chi connectivity index (χ0v) is 10.4. The quantitative estimate of drug-likeness (QED) is 0.796. The molecule has 0 radical (unpaired) electrons. The van der Waals surface area contributed by atoms with E-state index in [-0.39, 0.29) is 17.7 Å². The molecule has 1 amide bonds. The van der Waals surface area contributed by atoms with Gasteiger partial charge in [0.2, 0.25) is 5.91 Å². The Morgan fingerprint density at radius 1 is 1.50 bits per heavy atom. The van der Waals surface area contributed by atoms with Crippen LogP contribution in [0.4, 0.5) is 0 Å². The molecule has 0 saturated carbocycles. The van der Waals surface area contributed by atoms with Crippen LogP contribution in [0.5, 0.6) is 0 Å². The lowest BCUT2D eigenvalue weighted by molar-refractivity contribution is -0.131. The van der Waals surface area contributed by atoms with Crippen molar-refractivity contribution < 1.29 is 4.79 Å². The lowest BCUT2D eigenvalue weighted by Crippen LogP contribution is -2.49. The first-order valence-electron chi connectivity index (χ1n) is 4.82. The van der Waals surface area contributed by atoms with Crippen molar-refractivity contribution in [3.05, 3.63) is 0 Å². The molecule has 1 atom stereocenters. The van der Waals surface area contributed by atoms with Crippen molar-refractivity contribution in [3.8, 4) is 0 Å². The standard InChI is InChI=1S/C9H18N2OS.ClH/c1-3-8(13-2)9(12)11-6-4-10-5-7-11;/h8,10H,3-7H2,1-2H3;1H. The third-order valence-corrected chi connectivity index (χ3v) is 3.46. The maximum atomic E-state index is 11.8. The summed E-state index contributed by atoms with van der Waals surface area (Å²) in [7, 11) is 0. The van der Waals surface area contributed by atoms with Gasteiger partial charge in [-0.15, -0.1) is 12.4 Å². The van der Waals surface area contributed by atoms with E-state index in [9.17, 15) is 4.79 Å².